The highest BCUT2D eigenvalue weighted by atomic mass is 35.5. The van der Waals surface area contributed by atoms with Gasteiger partial charge in [-0.3, -0.25) is 10.1 Å². The van der Waals surface area contributed by atoms with Crippen LogP contribution >= 0.6 is 23.2 Å². The van der Waals surface area contributed by atoms with Crippen LogP contribution < -0.4 is 11.1 Å². The summed E-state index contributed by atoms with van der Waals surface area (Å²) >= 11 is 11.8. The van der Waals surface area contributed by atoms with E-state index in [0.29, 0.717) is 15.6 Å². The van der Waals surface area contributed by atoms with Crippen molar-refractivity contribution < 1.29 is 9.63 Å². The quantitative estimate of drug-likeness (QED) is 0.499. The molecule has 0 aliphatic rings. The van der Waals surface area contributed by atoms with Crippen LogP contribution in [-0.2, 0) is 16.1 Å². The molecule has 0 aliphatic heterocycles. The van der Waals surface area contributed by atoms with Crippen molar-refractivity contribution in [2.24, 2.45) is 10.9 Å². The number of carbonyl (C=O) groups is 1. The van der Waals surface area contributed by atoms with Crippen LogP contribution in [0.15, 0.2) is 23.4 Å². The van der Waals surface area contributed by atoms with Gasteiger partial charge >= 0.3 is 0 Å². The van der Waals surface area contributed by atoms with E-state index in [0.717, 1.165) is 0 Å². The molecule has 0 saturated carbocycles. The molecule has 0 atom stereocenters. The smallest absolute Gasteiger partial charge is 0.237 e. The molecule has 3 N–H and O–H groups in total. The van der Waals surface area contributed by atoms with Crippen LogP contribution in [0.1, 0.15) is 5.56 Å². The van der Waals surface area contributed by atoms with E-state index in [9.17, 15) is 4.79 Å². The Hall–Kier alpha value is -1.46. The normalized spacial score (nSPS) is 11.1. The molecule has 0 heterocycles. The van der Waals surface area contributed by atoms with Crippen LogP contribution in [0.3, 0.4) is 0 Å². The third-order valence-electron chi connectivity index (χ3n) is 1.86. The van der Waals surface area contributed by atoms with Gasteiger partial charge < -0.3 is 10.6 Å². The van der Waals surface area contributed by atoms with Gasteiger partial charge in [0.15, 0.2) is 0 Å². The number of rotatable bonds is 3. The van der Waals surface area contributed by atoms with E-state index in [1.54, 1.807) is 18.2 Å². The number of carbonyl (C=O) groups excluding carboxylic acids is 1. The number of hydrogen-bond acceptors (Lipinski definition) is 3. The van der Waals surface area contributed by atoms with Gasteiger partial charge in [0.05, 0.1) is 6.42 Å². The van der Waals surface area contributed by atoms with E-state index in [1.165, 1.54) is 7.11 Å². The van der Waals surface area contributed by atoms with Gasteiger partial charge in [-0.15, -0.1) is 0 Å². The van der Waals surface area contributed by atoms with Crippen molar-refractivity contribution in [1.82, 2.24) is 5.32 Å². The summed E-state index contributed by atoms with van der Waals surface area (Å²) in [6, 6.07) is 5.01. The van der Waals surface area contributed by atoms with Gasteiger partial charge in [-0.2, -0.15) is 0 Å². The van der Waals surface area contributed by atoms with Crippen LogP contribution in [0.5, 0.6) is 0 Å². The lowest BCUT2D eigenvalue weighted by atomic mass is 10.1. The Morgan fingerprint density at radius 3 is 2.59 bits per heavy atom. The van der Waals surface area contributed by atoms with Gasteiger partial charge in [-0.25, -0.2) is 0 Å². The van der Waals surface area contributed by atoms with Crippen LogP contribution in [-0.4, -0.2) is 19.0 Å². The molecule has 0 fully saturated rings. The maximum Gasteiger partial charge on any atom is 0.237 e. The Morgan fingerprint density at radius 2 is 2.06 bits per heavy atom. The first-order chi connectivity index (χ1) is 8.04. The zero-order valence-electron chi connectivity index (χ0n) is 9.04. The molecule has 1 aromatic rings. The Kier molecular flexibility index (Phi) is 5.06. The number of oxime groups is 1. The second kappa shape index (κ2) is 6.32. The first kappa shape index (κ1) is 13.6. The standard InChI is InChI=1S/C10H11Cl2N3O2/c1-17-15-10(13)14-9(16)5-6-7(11)3-2-4-8(6)12/h2-4H,5H2,1H3,(H3,13,14,15,16). The predicted molar refractivity (Wildman–Crippen MR) is 66.9 cm³/mol. The average molecular weight is 276 g/mol. The Balaban J connectivity index is 2.72. The lowest BCUT2D eigenvalue weighted by molar-refractivity contribution is -0.119. The summed E-state index contributed by atoms with van der Waals surface area (Å²) in [4.78, 5) is 16.0. The minimum atomic E-state index is -0.377. The first-order valence-electron chi connectivity index (χ1n) is 4.64. The summed E-state index contributed by atoms with van der Waals surface area (Å²) < 4.78 is 0. The topological polar surface area (TPSA) is 76.7 Å². The SMILES string of the molecule is CO/N=C(\N)NC(=O)Cc1c(Cl)cccc1Cl. The maximum atomic E-state index is 11.6. The molecule has 0 aromatic heterocycles. The number of nitrogens with zero attached hydrogens (tertiary/aromatic N) is 1. The van der Waals surface area contributed by atoms with E-state index >= 15 is 0 Å². The van der Waals surface area contributed by atoms with Gasteiger partial charge in [-0.1, -0.05) is 29.3 Å². The molecule has 7 heteroatoms. The number of nitrogens with two attached hydrogens (primary N) is 1. The van der Waals surface area contributed by atoms with Gasteiger partial charge in [0, 0.05) is 10.0 Å². The van der Waals surface area contributed by atoms with Crippen molar-refractivity contribution >= 4 is 35.1 Å². The highest BCUT2D eigenvalue weighted by Gasteiger charge is 2.11. The van der Waals surface area contributed by atoms with E-state index < -0.39 is 0 Å². The Labute approximate surface area is 109 Å². The minimum Gasteiger partial charge on any atom is -0.396 e. The number of benzene rings is 1. The van der Waals surface area contributed by atoms with E-state index in [2.05, 4.69) is 15.3 Å². The van der Waals surface area contributed by atoms with Gasteiger partial charge in [0.25, 0.3) is 0 Å². The third-order valence-corrected chi connectivity index (χ3v) is 2.56. The Bertz CT molecular complexity index is 429. The van der Waals surface area contributed by atoms with Crippen molar-refractivity contribution in [3.63, 3.8) is 0 Å². The first-order valence-corrected chi connectivity index (χ1v) is 5.39. The van der Waals surface area contributed by atoms with E-state index in [-0.39, 0.29) is 18.3 Å². The fourth-order valence-electron chi connectivity index (χ4n) is 1.17. The van der Waals surface area contributed by atoms with Crippen molar-refractivity contribution in [1.29, 1.82) is 0 Å². The van der Waals surface area contributed by atoms with Crippen molar-refractivity contribution in [2.75, 3.05) is 7.11 Å². The number of amides is 1. The molecule has 92 valence electrons. The van der Waals surface area contributed by atoms with Gasteiger partial charge in [0.1, 0.15) is 7.11 Å². The number of guanidine groups is 1. The van der Waals surface area contributed by atoms with Crippen LogP contribution in [0.2, 0.25) is 10.0 Å². The second-order valence-electron chi connectivity index (χ2n) is 3.08. The summed E-state index contributed by atoms with van der Waals surface area (Å²) in [6.45, 7) is 0. The van der Waals surface area contributed by atoms with Crippen molar-refractivity contribution in [3.8, 4) is 0 Å². The molecule has 0 bridgehead atoms. The lowest BCUT2D eigenvalue weighted by Gasteiger charge is -2.07. The molecule has 5 nitrogen and oxygen atoms in total. The van der Waals surface area contributed by atoms with Crippen molar-refractivity contribution in [2.45, 2.75) is 6.42 Å². The molecule has 0 spiro atoms. The highest BCUT2D eigenvalue weighted by molar-refractivity contribution is 6.36. The number of nitrogens with one attached hydrogen (secondary N) is 1. The molecular weight excluding hydrogens is 265 g/mol. The molecular formula is C10H11Cl2N3O2. The zero-order valence-corrected chi connectivity index (χ0v) is 10.5. The molecule has 1 rings (SSSR count). The molecule has 0 unspecified atom stereocenters. The summed E-state index contributed by atoms with van der Waals surface area (Å²) in [6.07, 6.45) is 0.0123. The highest BCUT2D eigenvalue weighted by Crippen LogP contribution is 2.24. The maximum absolute atomic E-state index is 11.6. The minimum absolute atomic E-state index is 0.0123. The molecule has 1 aromatic carbocycles. The molecule has 0 aliphatic carbocycles. The number of halogens is 2. The van der Waals surface area contributed by atoms with Gasteiger partial charge in [0.2, 0.25) is 11.9 Å². The largest absolute Gasteiger partial charge is 0.396 e. The summed E-state index contributed by atoms with van der Waals surface area (Å²) in [5, 5.41) is 6.53. The van der Waals surface area contributed by atoms with Crippen LogP contribution in [0.25, 0.3) is 0 Å². The fourth-order valence-corrected chi connectivity index (χ4v) is 1.70. The fraction of sp³-hybridized carbons (Fsp3) is 0.200. The molecule has 0 saturated heterocycles. The Morgan fingerprint density at radius 1 is 1.47 bits per heavy atom. The van der Waals surface area contributed by atoms with Crippen LogP contribution in [0.4, 0.5) is 0 Å². The zero-order chi connectivity index (χ0) is 12.8. The summed E-state index contributed by atoms with van der Waals surface area (Å²) in [5.74, 6) is -0.501. The van der Waals surface area contributed by atoms with E-state index in [4.69, 9.17) is 28.9 Å². The van der Waals surface area contributed by atoms with Crippen molar-refractivity contribution in [3.05, 3.63) is 33.8 Å². The third kappa shape index (κ3) is 4.13. The average Bonchev–Trinajstić information content (AvgIpc) is 2.24. The molecule has 1 amide bonds. The monoisotopic (exact) mass is 275 g/mol. The lowest BCUT2D eigenvalue weighted by Crippen LogP contribution is -2.37. The van der Waals surface area contributed by atoms with E-state index in [1.807, 2.05) is 0 Å². The summed E-state index contributed by atoms with van der Waals surface area (Å²) in [5.41, 5.74) is 5.88. The summed E-state index contributed by atoms with van der Waals surface area (Å²) in [7, 11) is 1.32. The van der Waals surface area contributed by atoms with Crippen LogP contribution in [0, 0.1) is 0 Å². The second-order valence-corrected chi connectivity index (χ2v) is 3.90. The molecule has 17 heavy (non-hydrogen) atoms. The number of hydrogen-bond donors (Lipinski definition) is 2. The predicted octanol–water partition coefficient (Wildman–Crippen LogP) is 1.53. The van der Waals surface area contributed by atoms with Gasteiger partial charge in [-0.05, 0) is 22.9 Å². The molecule has 0 radical (unpaired) electrons.